The minimum atomic E-state index is -0.472. The molecule has 0 saturated heterocycles. The first kappa shape index (κ1) is 16.7. The zero-order valence-corrected chi connectivity index (χ0v) is 12.8. The van der Waals surface area contributed by atoms with Crippen molar-refractivity contribution >= 4 is 11.9 Å². The van der Waals surface area contributed by atoms with Gasteiger partial charge >= 0.3 is 5.69 Å². The molecule has 0 unspecified atom stereocenters. The Kier molecular flexibility index (Phi) is 6.45. The molecule has 7 heteroatoms. The molecular weight excluding hydrogens is 274 g/mol. The van der Waals surface area contributed by atoms with Gasteiger partial charge in [-0.3, -0.25) is 10.1 Å². The summed E-state index contributed by atoms with van der Waals surface area (Å²) >= 11 is 0. The third-order valence-electron chi connectivity index (χ3n) is 2.44. The Morgan fingerprint density at radius 2 is 2.05 bits per heavy atom. The maximum atomic E-state index is 11.2. The van der Waals surface area contributed by atoms with Gasteiger partial charge in [-0.1, -0.05) is 6.92 Å². The van der Waals surface area contributed by atoms with Crippen molar-refractivity contribution in [3.05, 3.63) is 27.8 Å². The second-order valence-electron chi connectivity index (χ2n) is 4.50. The minimum absolute atomic E-state index is 0.116. The van der Waals surface area contributed by atoms with Crippen LogP contribution in [0.3, 0.4) is 0 Å². The molecular formula is C14H21N3O4. The van der Waals surface area contributed by atoms with Gasteiger partial charge in [0.1, 0.15) is 0 Å². The summed E-state index contributed by atoms with van der Waals surface area (Å²) in [5.41, 5.74) is 0.470. The van der Waals surface area contributed by atoms with Crippen LogP contribution in [0.5, 0.6) is 11.5 Å². The Morgan fingerprint density at radius 1 is 1.33 bits per heavy atom. The first-order valence-corrected chi connectivity index (χ1v) is 6.78. The Labute approximate surface area is 124 Å². The Balaban J connectivity index is 3.29. The largest absolute Gasteiger partial charge is 0.490 e. The lowest BCUT2D eigenvalue weighted by molar-refractivity contribution is -0.386. The van der Waals surface area contributed by atoms with E-state index in [1.54, 1.807) is 31.4 Å². The smallest absolute Gasteiger partial charge is 0.315 e. The summed E-state index contributed by atoms with van der Waals surface area (Å²) in [6.07, 6.45) is 2.30. The second-order valence-corrected chi connectivity index (χ2v) is 4.50. The van der Waals surface area contributed by atoms with E-state index < -0.39 is 4.92 Å². The summed E-state index contributed by atoms with van der Waals surface area (Å²) in [6, 6.07) is 3.12. The Bertz CT molecular complexity index is 515. The van der Waals surface area contributed by atoms with Crippen molar-refractivity contribution in [1.29, 1.82) is 0 Å². The van der Waals surface area contributed by atoms with E-state index in [0.29, 0.717) is 24.5 Å². The van der Waals surface area contributed by atoms with Crippen molar-refractivity contribution in [2.24, 2.45) is 5.10 Å². The van der Waals surface area contributed by atoms with Gasteiger partial charge in [0.2, 0.25) is 5.75 Å². The SMILES string of the molecule is CCCOc1c(OCC)cc(/C=N/N(C)C)cc1[N+](=O)[O-]. The van der Waals surface area contributed by atoms with Crippen molar-refractivity contribution in [3.63, 3.8) is 0 Å². The summed E-state index contributed by atoms with van der Waals surface area (Å²) in [5.74, 6) is 0.533. The molecule has 0 saturated carbocycles. The highest BCUT2D eigenvalue weighted by atomic mass is 16.6. The number of nitrogens with zero attached hydrogens (tertiary/aromatic N) is 3. The summed E-state index contributed by atoms with van der Waals surface area (Å²) in [4.78, 5) is 10.8. The number of hydrazone groups is 1. The van der Waals surface area contributed by atoms with E-state index in [0.717, 1.165) is 6.42 Å². The molecule has 0 aliphatic rings. The maximum Gasteiger partial charge on any atom is 0.315 e. The zero-order valence-electron chi connectivity index (χ0n) is 12.8. The van der Waals surface area contributed by atoms with Crippen molar-refractivity contribution in [2.45, 2.75) is 20.3 Å². The topological polar surface area (TPSA) is 77.2 Å². The van der Waals surface area contributed by atoms with Crippen molar-refractivity contribution in [1.82, 2.24) is 5.01 Å². The average Bonchev–Trinajstić information content (AvgIpc) is 2.43. The van der Waals surface area contributed by atoms with Crippen LogP contribution in [0.25, 0.3) is 0 Å². The van der Waals surface area contributed by atoms with E-state index >= 15 is 0 Å². The van der Waals surface area contributed by atoms with Crippen LogP contribution in [0.4, 0.5) is 5.69 Å². The summed E-state index contributed by atoms with van der Waals surface area (Å²) in [6.45, 7) is 4.54. The zero-order chi connectivity index (χ0) is 15.8. The molecule has 0 fully saturated rings. The van der Waals surface area contributed by atoms with Crippen molar-refractivity contribution < 1.29 is 14.4 Å². The molecule has 21 heavy (non-hydrogen) atoms. The lowest BCUT2D eigenvalue weighted by Crippen LogP contribution is -2.05. The molecule has 0 atom stereocenters. The quantitative estimate of drug-likeness (QED) is 0.418. The van der Waals surface area contributed by atoms with Gasteiger partial charge in [0, 0.05) is 25.7 Å². The number of hydrogen-bond acceptors (Lipinski definition) is 6. The first-order valence-electron chi connectivity index (χ1n) is 6.78. The highest BCUT2D eigenvalue weighted by Crippen LogP contribution is 2.38. The summed E-state index contributed by atoms with van der Waals surface area (Å²) in [5, 5.41) is 16.9. The molecule has 0 N–H and O–H groups in total. The molecule has 0 aromatic heterocycles. The molecule has 1 aromatic rings. The molecule has 0 radical (unpaired) electrons. The van der Waals surface area contributed by atoms with Gasteiger partial charge in [0.25, 0.3) is 0 Å². The minimum Gasteiger partial charge on any atom is -0.490 e. The van der Waals surface area contributed by atoms with Crippen LogP contribution >= 0.6 is 0 Å². The second kappa shape index (κ2) is 8.08. The summed E-state index contributed by atoms with van der Waals surface area (Å²) in [7, 11) is 3.54. The van der Waals surface area contributed by atoms with E-state index in [-0.39, 0.29) is 11.4 Å². The van der Waals surface area contributed by atoms with Gasteiger partial charge in [0.15, 0.2) is 5.75 Å². The fraction of sp³-hybridized carbons (Fsp3) is 0.500. The molecule has 0 amide bonds. The van der Waals surface area contributed by atoms with E-state index in [4.69, 9.17) is 9.47 Å². The predicted molar refractivity (Wildman–Crippen MR) is 81.3 cm³/mol. The van der Waals surface area contributed by atoms with Gasteiger partial charge in [0.05, 0.1) is 24.4 Å². The van der Waals surface area contributed by atoms with Crippen LogP contribution in [-0.4, -0.2) is 43.5 Å². The lowest BCUT2D eigenvalue weighted by Gasteiger charge is -2.12. The van der Waals surface area contributed by atoms with Crippen LogP contribution in [0.1, 0.15) is 25.8 Å². The normalized spacial score (nSPS) is 10.7. The number of rotatable bonds is 8. The van der Waals surface area contributed by atoms with Crippen molar-refractivity contribution in [2.75, 3.05) is 27.3 Å². The molecule has 1 rings (SSSR count). The molecule has 0 aliphatic heterocycles. The molecule has 0 aliphatic carbocycles. The average molecular weight is 295 g/mol. The van der Waals surface area contributed by atoms with E-state index in [1.807, 2.05) is 13.8 Å². The maximum absolute atomic E-state index is 11.2. The first-order chi connectivity index (χ1) is 9.99. The van der Waals surface area contributed by atoms with E-state index in [1.165, 1.54) is 6.07 Å². The van der Waals surface area contributed by atoms with Gasteiger partial charge in [-0.25, -0.2) is 0 Å². The highest BCUT2D eigenvalue weighted by Gasteiger charge is 2.22. The molecule has 0 bridgehead atoms. The van der Waals surface area contributed by atoms with Crippen molar-refractivity contribution in [3.8, 4) is 11.5 Å². The third kappa shape index (κ3) is 4.94. The van der Waals surface area contributed by atoms with Crippen LogP contribution < -0.4 is 9.47 Å². The van der Waals surface area contributed by atoms with Crippen LogP contribution in [0.15, 0.2) is 17.2 Å². The van der Waals surface area contributed by atoms with Gasteiger partial charge in [-0.05, 0) is 19.4 Å². The van der Waals surface area contributed by atoms with Crippen LogP contribution in [0.2, 0.25) is 0 Å². The monoisotopic (exact) mass is 295 g/mol. The molecule has 116 valence electrons. The fourth-order valence-corrected chi connectivity index (χ4v) is 1.61. The summed E-state index contributed by atoms with van der Waals surface area (Å²) < 4.78 is 11.0. The molecule has 7 nitrogen and oxygen atoms in total. The standard InChI is InChI=1S/C14H21N3O4/c1-5-7-21-14-12(17(18)19)8-11(10-15-16(3)4)9-13(14)20-6-2/h8-10H,5-7H2,1-4H3/b15-10+. The fourth-order valence-electron chi connectivity index (χ4n) is 1.61. The van der Waals surface area contributed by atoms with Crippen LogP contribution in [-0.2, 0) is 0 Å². The Morgan fingerprint density at radius 3 is 2.57 bits per heavy atom. The highest BCUT2D eigenvalue weighted by molar-refractivity contribution is 5.83. The van der Waals surface area contributed by atoms with Gasteiger partial charge in [-0.2, -0.15) is 5.10 Å². The molecule has 1 aromatic carbocycles. The Hall–Kier alpha value is -2.31. The third-order valence-corrected chi connectivity index (χ3v) is 2.44. The molecule has 0 spiro atoms. The number of hydrogen-bond donors (Lipinski definition) is 0. The molecule has 0 heterocycles. The van der Waals surface area contributed by atoms with E-state index in [9.17, 15) is 10.1 Å². The van der Waals surface area contributed by atoms with Crippen LogP contribution in [0, 0.1) is 10.1 Å². The number of nitro benzene ring substituents is 1. The number of benzene rings is 1. The predicted octanol–water partition coefficient (Wildman–Crippen LogP) is 2.68. The van der Waals surface area contributed by atoms with E-state index in [2.05, 4.69) is 5.10 Å². The van der Waals surface area contributed by atoms with Gasteiger partial charge < -0.3 is 14.5 Å². The number of ether oxygens (including phenoxy) is 2. The number of nitro groups is 1. The van der Waals surface area contributed by atoms with Gasteiger partial charge in [-0.15, -0.1) is 0 Å². The lowest BCUT2D eigenvalue weighted by atomic mass is 10.2.